The highest BCUT2D eigenvalue weighted by Crippen LogP contribution is 2.08. The van der Waals surface area contributed by atoms with E-state index in [4.69, 9.17) is 10.5 Å². The van der Waals surface area contributed by atoms with Crippen molar-refractivity contribution in [3.05, 3.63) is 0 Å². The summed E-state index contributed by atoms with van der Waals surface area (Å²) in [4.78, 5) is 16.7. The zero-order valence-electron chi connectivity index (χ0n) is 10.7. The number of carbonyl (C=O) groups is 1. The van der Waals surface area contributed by atoms with Gasteiger partial charge in [0.15, 0.2) is 5.96 Å². The van der Waals surface area contributed by atoms with Crippen molar-refractivity contribution in [2.75, 3.05) is 27.2 Å². The topological polar surface area (TPSA) is 80.0 Å². The second-order valence-corrected chi connectivity index (χ2v) is 4.44. The molecule has 0 aromatic rings. The van der Waals surface area contributed by atoms with Crippen LogP contribution in [0, 0.1) is 0 Å². The molecule has 1 amide bonds. The van der Waals surface area contributed by atoms with Crippen LogP contribution in [0.25, 0.3) is 0 Å². The summed E-state index contributed by atoms with van der Waals surface area (Å²) in [7, 11) is 3.27. The van der Waals surface area contributed by atoms with E-state index in [1.54, 1.807) is 14.1 Å². The number of ether oxygens (including phenoxy) is 1. The minimum atomic E-state index is -0.470. The highest BCUT2D eigenvalue weighted by atomic mass is 16.6. The number of hydrogen-bond donors (Lipinski definition) is 2. The molecule has 0 aliphatic rings. The normalized spacial score (nSPS) is 12.2. The summed E-state index contributed by atoms with van der Waals surface area (Å²) in [6.45, 7) is 6.54. The van der Waals surface area contributed by atoms with Gasteiger partial charge in [-0.25, -0.2) is 4.79 Å². The molecule has 0 rings (SSSR count). The van der Waals surface area contributed by atoms with Crippen molar-refractivity contribution >= 4 is 12.1 Å². The SMILES string of the molecule is CN=C(N)NCCN(C)C(=O)OC(C)(C)C. The first kappa shape index (κ1) is 14.5. The number of amides is 1. The van der Waals surface area contributed by atoms with Crippen LogP contribution in [0.1, 0.15) is 20.8 Å². The van der Waals surface area contributed by atoms with Crippen LogP contribution in [0.3, 0.4) is 0 Å². The molecule has 0 aliphatic carbocycles. The summed E-state index contributed by atoms with van der Waals surface area (Å²) in [5.41, 5.74) is 4.97. The number of nitrogens with zero attached hydrogens (tertiary/aromatic N) is 2. The Morgan fingerprint density at radius 3 is 2.50 bits per heavy atom. The first-order valence-electron chi connectivity index (χ1n) is 5.16. The van der Waals surface area contributed by atoms with Crippen LogP contribution < -0.4 is 11.1 Å². The van der Waals surface area contributed by atoms with Gasteiger partial charge in [0.1, 0.15) is 5.60 Å². The second-order valence-electron chi connectivity index (χ2n) is 4.44. The van der Waals surface area contributed by atoms with E-state index in [1.165, 1.54) is 4.90 Å². The lowest BCUT2D eigenvalue weighted by molar-refractivity contribution is 0.0302. The smallest absolute Gasteiger partial charge is 0.410 e. The van der Waals surface area contributed by atoms with Gasteiger partial charge >= 0.3 is 6.09 Å². The Labute approximate surface area is 96.8 Å². The van der Waals surface area contributed by atoms with Gasteiger partial charge in [-0.3, -0.25) is 4.99 Å². The lowest BCUT2D eigenvalue weighted by Crippen LogP contribution is -2.41. The largest absolute Gasteiger partial charge is 0.444 e. The number of carbonyl (C=O) groups excluding carboxylic acids is 1. The molecule has 0 aromatic carbocycles. The Hall–Kier alpha value is -1.46. The van der Waals surface area contributed by atoms with Gasteiger partial charge in [-0.05, 0) is 20.8 Å². The zero-order chi connectivity index (χ0) is 12.8. The van der Waals surface area contributed by atoms with E-state index in [9.17, 15) is 4.79 Å². The Kier molecular flexibility index (Phi) is 5.63. The molecule has 0 heterocycles. The molecule has 0 saturated carbocycles. The van der Waals surface area contributed by atoms with Crippen LogP contribution in [0.15, 0.2) is 4.99 Å². The number of hydrogen-bond acceptors (Lipinski definition) is 3. The second kappa shape index (κ2) is 6.19. The highest BCUT2D eigenvalue weighted by Gasteiger charge is 2.18. The van der Waals surface area contributed by atoms with Gasteiger partial charge in [0.25, 0.3) is 0 Å². The molecule has 0 aliphatic heterocycles. The van der Waals surface area contributed by atoms with E-state index in [1.807, 2.05) is 20.8 Å². The van der Waals surface area contributed by atoms with Crippen molar-refractivity contribution in [2.24, 2.45) is 10.7 Å². The van der Waals surface area contributed by atoms with Gasteiger partial charge in [0, 0.05) is 27.2 Å². The number of nitrogens with two attached hydrogens (primary N) is 1. The third-order valence-electron chi connectivity index (χ3n) is 1.70. The molecule has 94 valence electrons. The molecule has 6 heteroatoms. The predicted molar refractivity (Wildman–Crippen MR) is 64.4 cm³/mol. The van der Waals surface area contributed by atoms with E-state index in [0.29, 0.717) is 19.0 Å². The molecule has 16 heavy (non-hydrogen) atoms. The minimum Gasteiger partial charge on any atom is -0.444 e. The summed E-state index contributed by atoms with van der Waals surface area (Å²) in [5, 5.41) is 2.86. The standard InChI is InChI=1S/C10H22N4O2/c1-10(2,3)16-9(15)14(5)7-6-13-8(11)12-4/h6-7H2,1-5H3,(H3,11,12,13). The molecule has 0 unspecified atom stereocenters. The molecule has 0 saturated heterocycles. The Balaban J connectivity index is 3.89. The Bertz CT molecular complexity index is 258. The first-order valence-corrected chi connectivity index (χ1v) is 5.16. The molecule has 0 bridgehead atoms. The van der Waals surface area contributed by atoms with Crippen LogP contribution >= 0.6 is 0 Å². The van der Waals surface area contributed by atoms with Gasteiger partial charge < -0.3 is 20.7 Å². The third kappa shape index (κ3) is 6.92. The summed E-state index contributed by atoms with van der Waals surface area (Å²) in [6.07, 6.45) is -0.346. The Morgan fingerprint density at radius 1 is 1.50 bits per heavy atom. The molecule has 0 spiro atoms. The molecule has 0 aromatic heterocycles. The van der Waals surface area contributed by atoms with Gasteiger partial charge in [-0.2, -0.15) is 0 Å². The molecule has 0 fully saturated rings. The van der Waals surface area contributed by atoms with Crippen molar-refractivity contribution in [3.8, 4) is 0 Å². The minimum absolute atomic E-state index is 0.346. The fourth-order valence-corrected chi connectivity index (χ4v) is 0.862. The van der Waals surface area contributed by atoms with Crippen molar-refractivity contribution in [1.82, 2.24) is 10.2 Å². The predicted octanol–water partition coefficient (Wildman–Crippen LogP) is 0.387. The van der Waals surface area contributed by atoms with Crippen molar-refractivity contribution < 1.29 is 9.53 Å². The maximum Gasteiger partial charge on any atom is 0.410 e. The molecule has 6 nitrogen and oxygen atoms in total. The van der Waals surface area contributed by atoms with Crippen LogP contribution in [0.4, 0.5) is 4.79 Å². The lowest BCUT2D eigenvalue weighted by Gasteiger charge is -2.24. The van der Waals surface area contributed by atoms with E-state index in [-0.39, 0.29) is 6.09 Å². The number of rotatable bonds is 3. The maximum atomic E-state index is 11.5. The van der Waals surface area contributed by atoms with Crippen molar-refractivity contribution in [3.63, 3.8) is 0 Å². The molecule has 0 radical (unpaired) electrons. The fourth-order valence-electron chi connectivity index (χ4n) is 0.862. The first-order chi connectivity index (χ1) is 7.26. The number of likely N-dealkylation sites (N-methyl/N-ethyl adjacent to an activating group) is 1. The summed E-state index contributed by atoms with van der Waals surface area (Å²) in [6, 6.07) is 0. The van der Waals surface area contributed by atoms with Crippen LogP contribution in [-0.2, 0) is 4.74 Å². The van der Waals surface area contributed by atoms with Gasteiger partial charge in [-0.1, -0.05) is 0 Å². The van der Waals surface area contributed by atoms with Gasteiger partial charge in [0.05, 0.1) is 0 Å². The third-order valence-corrected chi connectivity index (χ3v) is 1.70. The van der Waals surface area contributed by atoms with E-state index < -0.39 is 5.60 Å². The van der Waals surface area contributed by atoms with E-state index >= 15 is 0 Å². The lowest BCUT2D eigenvalue weighted by atomic mass is 10.2. The average molecular weight is 230 g/mol. The van der Waals surface area contributed by atoms with E-state index in [0.717, 1.165) is 0 Å². The van der Waals surface area contributed by atoms with Gasteiger partial charge in [0.2, 0.25) is 0 Å². The zero-order valence-corrected chi connectivity index (χ0v) is 10.7. The van der Waals surface area contributed by atoms with Gasteiger partial charge in [-0.15, -0.1) is 0 Å². The summed E-state index contributed by atoms with van der Waals surface area (Å²) in [5.74, 6) is 0.359. The number of nitrogens with one attached hydrogen (secondary N) is 1. The highest BCUT2D eigenvalue weighted by molar-refractivity contribution is 5.77. The van der Waals surface area contributed by atoms with Crippen molar-refractivity contribution in [1.29, 1.82) is 0 Å². The Morgan fingerprint density at radius 2 is 2.06 bits per heavy atom. The van der Waals surface area contributed by atoms with Crippen molar-refractivity contribution in [2.45, 2.75) is 26.4 Å². The quantitative estimate of drug-likeness (QED) is 0.543. The summed E-state index contributed by atoms with van der Waals surface area (Å²) < 4.78 is 5.18. The monoisotopic (exact) mass is 230 g/mol. The molecular weight excluding hydrogens is 208 g/mol. The van der Waals surface area contributed by atoms with Crippen LogP contribution in [-0.4, -0.2) is 49.7 Å². The van der Waals surface area contributed by atoms with Crippen LogP contribution in [0.5, 0.6) is 0 Å². The molecular formula is C10H22N4O2. The molecule has 0 atom stereocenters. The maximum absolute atomic E-state index is 11.5. The molecule has 3 N–H and O–H groups in total. The number of guanidine groups is 1. The van der Waals surface area contributed by atoms with Crippen LogP contribution in [0.2, 0.25) is 0 Å². The summed E-state index contributed by atoms with van der Waals surface area (Å²) >= 11 is 0. The van der Waals surface area contributed by atoms with E-state index in [2.05, 4.69) is 10.3 Å². The average Bonchev–Trinajstić information content (AvgIpc) is 2.14. The number of aliphatic imine (C=N–C) groups is 1. The fraction of sp³-hybridized carbons (Fsp3) is 0.800.